The fourth-order valence-electron chi connectivity index (χ4n) is 2.26. The molecule has 1 amide bonds. The first-order valence-corrected chi connectivity index (χ1v) is 10.2. The molecule has 3 aromatic rings. The van der Waals surface area contributed by atoms with Gasteiger partial charge in [-0.3, -0.25) is 15.6 Å². The zero-order valence-corrected chi connectivity index (χ0v) is 15.5. The van der Waals surface area contributed by atoms with Crippen molar-refractivity contribution in [2.75, 3.05) is 11.2 Å². The highest BCUT2D eigenvalue weighted by Crippen LogP contribution is 2.26. The molecule has 0 atom stereocenters. The molecule has 0 spiro atoms. The summed E-state index contributed by atoms with van der Waals surface area (Å²) in [6.07, 6.45) is -0.225. The summed E-state index contributed by atoms with van der Waals surface area (Å²) in [5.41, 5.74) is 7.07. The summed E-state index contributed by atoms with van der Waals surface area (Å²) < 4.78 is 38.1. The highest BCUT2D eigenvalue weighted by Gasteiger charge is 2.16. The first-order chi connectivity index (χ1) is 12.3. The van der Waals surface area contributed by atoms with Crippen molar-refractivity contribution in [3.63, 3.8) is 0 Å². The number of benzene rings is 2. The van der Waals surface area contributed by atoms with Gasteiger partial charge < -0.3 is 0 Å². The zero-order valence-electron chi connectivity index (χ0n) is 13.8. The third-order valence-electron chi connectivity index (χ3n) is 3.62. The van der Waals surface area contributed by atoms with E-state index in [9.17, 15) is 17.6 Å². The molecule has 26 heavy (non-hydrogen) atoms. The number of rotatable bonds is 6. The molecule has 0 fully saturated rings. The number of anilines is 1. The van der Waals surface area contributed by atoms with Gasteiger partial charge >= 0.3 is 0 Å². The molecule has 1 aromatic heterocycles. The maximum Gasteiger partial charge on any atom is 0.239 e. The lowest BCUT2D eigenvalue weighted by Crippen LogP contribution is -2.30. The fraction of sp³-hybridized carbons (Fsp3) is 0.176. The Labute approximate surface area is 154 Å². The van der Waals surface area contributed by atoms with E-state index in [1.165, 1.54) is 23.5 Å². The smallest absolute Gasteiger partial charge is 0.239 e. The summed E-state index contributed by atoms with van der Waals surface area (Å²) in [6, 6.07) is 10.4. The molecule has 0 saturated carbocycles. The first-order valence-electron chi connectivity index (χ1n) is 7.74. The minimum absolute atomic E-state index is 0.0128. The Hall–Kier alpha value is -2.52. The van der Waals surface area contributed by atoms with Crippen molar-refractivity contribution in [2.24, 2.45) is 0 Å². The summed E-state index contributed by atoms with van der Waals surface area (Å²) in [4.78, 5) is 16.2. The van der Waals surface area contributed by atoms with E-state index in [0.717, 1.165) is 27.9 Å². The van der Waals surface area contributed by atoms with Gasteiger partial charge in [0, 0.05) is 6.42 Å². The van der Waals surface area contributed by atoms with Gasteiger partial charge in [0.2, 0.25) is 11.0 Å². The van der Waals surface area contributed by atoms with E-state index in [2.05, 4.69) is 15.8 Å². The van der Waals surface area contributed by atoms with Crippen LogP contribution in [0.25, 0.3) is 10.2 Å². The molecule has 136 valence electrons. The van der Waals surface area contributed by atoms with Crippen molar-refractivity contribution in [3.05, 3.63) is 53.8 Å². The molecule has 9 heteroatoms. The summed E-state index contributed by atoms with van der Waals surface area (Å²) in [6.45, 7) is 1.98. The molecule has 0 saturated heterocycles. The van der Waals surface area contributed by atoms with Crippen molar-refractivity contribution >= 4 is 42.4 Å². The molecule has 0 radical (unpaired) electrons. The van der Waals surface area contributed by atoms with E-state index in [1.54, 1.807) is 0 Å². The predicted molar refractivity (Wildman–Crippen MR) is 99.2 cm³/mol. The van der Waals surface area contributed by atoms with Crippen LogP contribution in [-0.4, -0.2) is 25.1 Å². The van der Waals surface area contributed by atoms with Crippen LogP contribution in [0.2, 0.25) is 0 Å². The quantitative estimate of drug-likeness (QED) is 0.496. The number of amides is 1. The van der Waals surface area contributed by atoms with Crippen molar-refractivity contribution in [2.45, 2.75) is 18.2 Å². The third-order valence-corrected chi connectivity index (χ3v) is 6.29. The maximum absolute atomic E-state index is 12.9. The van der Waals surface area contributed by atoms with Crippen LogP contribution in [0.5, 0.6) is 0 Å². The summed E-state index contributed by atoms with van der Waals surface area (Å²) in [5.74, 6) is -1.37. The number of hydrazine groups is 1. The summed E-state index contributed by atoms with van der Waals surface area (Å²) >= 11 is 1.38. The molecular weight excluding hydrogens is 377 g/mol. The van der Waals surface area contributed by atoms with Gasteiger partial charge in [-0.2, -0.15) is 0 Å². The highest BCUT2D eigenvalue weighted by molar-refractivity contribution is 7.91. The summed E-state index contributed by atoms with van der Waals surface area (Å²) in [7, 11) is -3.65. The molecule has 0 aliphatic carbocycles. The van der Waals surface area contributed by atoms with Crippen LogP contribution in [0.15, 0.2) is 47.4 Å². The second kappa shape index (κ2) is 7.38. The minimum atomic E-state index is -3.65. The molecule has 3 rings (SSSR count). The monoisotopic (exact) mass is 393 g/mol. The second-order valence-electron chi connectivity index (χ2n) is 5.69. The van der Waals surface area contributed by atoms with Crippen molar-refractivity contribution in [3.8, 4) is 0 Å². The number of hydrogen-bond donors (Lipinski definition) is 2. The average Bonchev–Trinajstić information content (AvgIpc) is 3.00. The lowest BCUT2D eigenvalue weighted by molar-refractivity contribution is -0.120. The highest BCUT2D eigenvalue weighted by atomic mass is 32.2. The maximum atomic E-state index is 12.9. The van der Waals surface area contributed by atoms with Crippen LogP contribution in [-0.2, 0) is 14.6 Å². The van der Waals surface area contributed by atoms with Crippen molar-refractivity contribution in [1.82, 2.24) is 10.4 Å². The zero-order chi connectivity index (χ0) is 18.7. The van der Waals surface area contributed by atoms with Crippen LogP contribution in [0.4, 0.5) is 9.52 Å². The number of fused-ring (bicyclic) bond motifs is 1. The fourth-order valence-corrected chi connectivity index (χ4v) is 4.42. The van der Waals surface area contributed by atoms with Gasteiger partial charge in [-0.25, -0.2) is 17.8 Å². The lowest BCUT2D eigenvalue weighted by atomic mass is 10.2. The lowest BCUT2D eigenvalue weighted by Gasteiger charge is -2.06. The molecule has 0 bridgehead atoms. The standard InChI is InChI=1S/C17H16FN3O3S2/c1-11-2-7-14-15(10-11)25-17(19-14)21-20-16(22)8-9-26(23,24)13-5-3-12(18)4-6-13/h2-7,10H,8-9H2,1H3,(H,19,21)(H,20,22). The molecule has 1 heterocycles. The van der Waals surface area contributed by atoms with E-state index < -0.39 is 21.6 Å². The number of nitrogens with one attached hydrogen (secondary N) is 2. The van der Waals surface area contributed by atoms with Crippen LogP contribution in [0, 0.1) is 12.7 Å². The number of nitrogens with zero attached hydrogens (tertiary/aromatic N) is 1. The van der Waals surface area contributed by atoms with Crippen LogP contribution in [0.1, 0.15) is 12.0 Å². The normalized spacial score (nSPS) is 11.5. The van der Waals surface area contributed by atoms with Gasteiger partial charge in [-0.15, -0.1) is 0 Å². The van der Waals surface area contributed by atoms with Gasteiger partial charge in [0.1, 0.15) is 5.82 Å². The number of halogens is 1. The number of aromatic nitrogens is 1. The third kappa shape index (κ3) is 4.36. The second-order valence-corrected chi connectivity index (χ2v) is 8.83. The number of carbonyl (C=O) groups excluding carboxylic acids is 1. The number of carbonyl (C=O) groups is 1. The van der Waals surface area contributed by atoms with E-state index >= 15 is 0 Å². The Morgan fingerprint density at radius 2 is 1.92 bits per heavy atom. The predicted octanol–water partition coefficient (Wildman–Crippen LogP) is 3.05. The number of hydrogen-bond acceptors (Lipinski definition) is 6. The molecular formula is C17H16FN3O3S2. The Bertz CT molecular complexity index is 1050. The largest absolute Gasteiger partial charge is 0.273 e. The molecule has 6 nitrogen and oxygen atoms in total. The number of sulfone groups is 1. The van der Waals surface area contributed by atoms with Crippen LogP contribution in [0.3, 0.4) is 0 Å². The van der Waals surface area contributed by atoms with E-state index in [-0.39, 0.29) is 17.1 Å². The molecule has 2 aromatic carbocycles. The molecule has 0 aliphatic rings. The Morgan fingerprint density at radius 1 is 1.19 bits per heavy atom. The van der Waals surface area contributed by atoms with Crippen molar-refractivity contribution < 1.29 is 17.6 Å². The molecule has 2 N–H and O–H groups in total. The Morgan fingerprint density at radius 3 is 2.65 bits per heavy atom. The topological polar surface area (TPSA) is 88.2 Å². The minimum Gasteiger partial charge on any atom is -0.273 e. The van der Waals surface area contributed by atoms with Crippen LogP contribution < -0.4 is 10.9 Å². The van der Waals surface area contributed by atoms with E-state index in [4.69, 9.17) is 0 Å². The van der Waals surface area contributed by atoms with E-state index in [0.29, 0.717) is 5.13 Å². The van der Waals surface area contributed by atoms with Crippen molar-refractivity contribution in [1.29, 1.82) is 0 Å². The summed E-state index contributed by atoms with van der Waals surface area (Å²) in [5, 5.41) is 0.514. The van der Waals surface area contributed by atoms with Gasteiger partial charge in [-0.05, 0) is 48.9 Å². The van der Waals surface area contributed by atoms with E-state index in [1.807, 2.05) is 25.1 Å². The Balaban J connectivity index is 1.55. The molecule has 0 unspecified atom stereocenters. The van der Waals surface area contributed by atoms with Gasteiger partial charge in [0.05, 0.1) is 20.9 Å². The van der Waals surface area contributed by atoms with Gasteiger partial charge in [-0.1, -0.05) is 17.4 Å². The average molecular weight is 393 g/mol. The molecule has 0 aliphatic heterocycles. The first kappa shape index (κ1) is 18.3. The van der Waals surface area contributed by atoms with Gasteiger partial charge in [0.25, 0.3) is 0 Å². The number of aryl methyl sites for hydroxylation is 1. The van der Waals surface area contributed by atoms with Gasteiger partial charge in [0.15, 0.2) is 9.84 Å². The number of thiazole rings is 1. The van der Waals surface area contributed by atoms with Crippen LogP contribution >= 0.6 is 11.3 Å². The Kier molecular flexibility index (Phi) is 5.19. The SMILES string of the molecule is Cc1ccc2nc(NNC(=O)CCS(=O)(=O)c3ccc(F)cc3)sc2c1.